The number of nitro benzene ring substituents is 1. The SMILES string of the molecule is CCOC(=O)[C@@H](CC(C)C)NC(=O)c1ccc(C)c(OCc2ccccc2)c1[N+](=O)[O-]. The van der Waals surface area contributed by atoms with Crippen molar-refractivity contribution in [1.82, 2.24) is 5.32 Å². The van der Waals surface area contributed by atoms with Gasteiger partial charge >= 0.3 is 11.7 Å². The predicted octanol–water partition coefficient (Wildman–Crippen LogP) is 4.19. The summed E-state index contributed by atoms with van der Waals surface area (Å²) in [5.74, 6) is -1.17. The quantitative estimate of drug-likeness (QED) is 0.345. The Hall–Kier alpha value is -3.42. The summed E-state index contributed by atoms with van der Waals surface area (Å²) in [6.07, 6.45) is 0.349. The number of nitro groups is 1. The predicted molar refractivity (Wildman–Crippen MR) is 116 cm³/mol. The van der Waals surface area contributed by atoms with Crippen LogP contribution in [-0.2, 0) is 16.1 Å². The van der Waals surface area contributed by atoms with Crippen molar-refractivity contribution in [3.63, 3.8) is 0 Å². The maximum absolute atomic E-state index is 12.9. The number of benzene rings is 2. The van der Waals surface area contributed by atoms with E-state index in [9.17, 15) is 19.7 Å². The zero-order valence-electron chi connectivity index (χ0n) is 18.2. The Labute approximate surface area is 181 Å². The van der Waals surface area contributed by atoms with Crippen LogP contribution in [0.25, 0.3) is 0 Å². The fraction of sp³-hybridized carbons (Fsp3) is 0.391. The molecule has 1 amide bonds. The summed E-state index contributed by atoms with van der Waals surface area (Å²) in [5, 5.41) is 14.5. The summed E-state index contributed by atoms with van der Waals surface area (Å²) in [5.41, 5.74) is 0.769. The first-order chi connectivity index (χ1) is 14.7. The standard InChI is InChI=1S/C23H28N2O6/c1-5-30-23(27)19(13-15(2)3)24-22(26)18-12-11-16(4)21(20(18)25(28)29)31-14-17-9-7-6-8-10-17/h6-12,15,19H,5,13-14H2,1-4H3,(H,24,26)/t19-/m1/s1. The second-order valence-corrected chi connectivity index (χ2v) is 7.55. The van der Waals surface area contributed by atoms with Crippen LogP contribution < -0.4 is 10.1 Å². The Balaban J connectivity index is 2.34. The fourth-order valence-corrected chi connectivity index (χ4v) is 3.11. The minimum absolute atomic E-state index is 0.0260. The van der Waals surface area contributed by atoms with Gasteiger partial charge in [-0.3, -0.25) is 14.9 Å². The van der Waals surface area contributed by atoms with Crippen LogP contribution in [0.5, 0.6) is 5.75 Å². The van der Waals surface area contributed by atoms with Crippen molar-refractivity contribution in [1.29, 1.82) is 0 Å². The number of nitrogens with zero attached hydrogens (tertiary/aromatic N) is 1. The summed E-state index contributed by atoms with van der Waals surface area (Å²) < 4.78 is 10.8. The highest BCUT2D eigenvalue weighted by Gasteiger charge is 2.31. The summed E-state index contributed by atoms with van der Waals surface area (Å²) in [4.78, 5) is 36.4. The van der Waals surface area contributed by atoms with Crippen molar-refractivity contribution in [3.05, 3.63) is 69.3 Å². The van der Waals surface area contributed by atoms with E-state index in [4.69, 9.17) is 9.47 Å². The summed E-state index contributed by atoms with van der Waals surface area (Å²) >= 11 is 0. The Kier molecular flexibility index (Phi) is 8.54. The molecule has 166 valence electrons. The van der Waals surface area contributed by atoms with E-state index in [0.29, 0.717) is 12.0 Å². The molecule has 0 aliphatic rings. The van der Waals surface area contributed by atoms with Gasteiger partial charge in [-0.05, 0) is 43.4 Å². The van der Waals surface area contributed by atoms with Gasteiger partial charge < -0.3 is 14.8 Å². The third kappa shape index (κ3) is 6.53. The van der Waals surface area contributed by atoms with Gasteiger partial charge in [-0.25, -0.2) is 4.79 Å². The number of aryl methyl sites for hydroxylation is 1. The van der Waals surface area contributed by atoms with E-state index in [-0.39, 0.29) is 30.4 Å². The monoisotopic (exact) mass is 428 g/mol. The molecule has 0 unspecified atom stereocenters. The number of carbonyl (C=O) groups excluding carboxylic acids is 2. The molecule has 0 aliphatic carbocycles. The molecule has 1 N–H and O–H groups in total. The Morgan fingerprint density at radius 3 is 2.39 bits per heavy atom. The van der Waals surface area contributed by atoms with Crippen LogP contribution in [0.3, 0.4) is 0 Å². The molecule has 0 radical (unpaired) electrons. The summed E-state index contributed by atoms with van der Waals surface area (Å²) in [6.45, 7) is 7.45. The molecular weight excluding hydrogens is 400 g/mol. The Bertz CT molecular complexity index is 927. The number of ether oxygens (including phenoxy) is 2. The fourth-order valence-electron chi connectivity index (χ4n) is 3.11. The van der Waals surface area contributed by atoms with Gasteiger partial charge in [-0.15, -0.1) is 0 Å². The van der Waals surface area contributed by atoms with Crippen LogP contribution in [-0.4, -0.2) is 29.4 Å². The highest BCUT2D eigenvalue weighted by Crippen LogP contribution is 2.35. The van der Waals surface area contributed by atoms with Crippen LogP contribution in [0.2, 0.25) is 0 Å². The number of hydrogen-bond acceptors (Lipinski definition) is 6. The van der Waals surface area contributed by atoms with E-state index in [1.807, 2.05) is 44.2 Å². The molecule has 0 saturated carbocycles. The van der Waals surface area contributed by atoms with Crippen LogP contribution in [0.4, 0.5) is 5.69 Å². The van der Waals surface area contributed by atoms with Gasteiger partial charge in [0.2, 0.25) is 5.75 Å². The summed E-state index contributed by atoms with van der Waals surface area (Å²) in [6, 6.07) is 11.3. The average molecular weight is 428 g/mol. The van der Waals surface area contributed by atoms with Crippen molar-refractivity contribution in [2.24, 2.45) is 5.92 Å². The van der Waals surface area contributed by atoms with Gasteiger partial charge in [0.05, 0.1) is 11.5 Å². The second kappa shape index (κ2) is 11.1. The summed E-state index contributed by atoms with van der Waals surface area (Å²) in [7, 11) is 0. The van der Waals surface area contributed by atoms with Crippen LogP contribution >= 0.6 is 0 Å². The lowest BCUT2D eigenvalue weighted by Gasteiger charge is -2.19. The Morgan fingerprint density at radius 1 is 1.13 bits per heavy atom. The lowest BCUT2D eigenvalue weighted by atomic mass is 10.0. The lowest BCUT2D eigenvalue weighted by molar-refractivity contribution is -0.386. The molecule has 8 heteroatoms. The van der Waals surface area contributed by atoms with Gasteiger partial charge in [0.1, 0.15) is 18.2 Å². The molecular formula is C23H28N2O6. The molecule has 2 rings (SSSR count). The molecule has 0 heterocycles. The van der Waals surface area contributed by atoms with E-state index in [0.717, 1.165) is 5.56 Å². The van der Waals surface area contributed by atoms with Crippen molar-refractivity contribution < 1.29 is 24.0 Å². The first kappa shape index (κ1) is 23.9. The molecule has 31 heavy (non-hydrogen) atoms. The largest absolute Gasteiger partial charge is 0.482 e. The minimum Gasteiger partial charge on any atom is -0.482 e. The maximum atomic E-state index is 12.9. The minimum atomic E-state index is -0.901. The number of esters is 1. The lowest BCUT2D eigenvalue weighted by Crippen LogP contribution is -2.43. The highest BCUT2D eigenvalue weighted by molar-refractivity contribution is 6.01. The second-order valence-electron chi connectivity index (χ2n) is 7.55. The van der Waals surface area contributed by atoms with E-state index >= 15 is 0 Å². The number of rotatable bonds is 10. The zero-order chi connectivity index (χ0) is 23.0. The molecule has 0 aromatic heterocycles. The molecule has 8 nitrogen and oxygen atoms in total. The number of nitrogens with one attached hydrogen (secondary N) is 1. The number of amides is 1. The number of carbonyl (C=O) groups is 2. The van der Waals surface area contributed by atoms with Gasteiger partial charge in [-0.1, -0.05) is 50.2 Å². The van der Waals surface area contributed by atoms with E-state index < -0.39 is 28.5 Å². The van der Waals surface area contributed by atoms with Crippen molar-refractivity contribution >= 4 is 17.6 Å². The van der Waals surface area contributed by atoms with Crippen molar-refractivity contribution in [3.8, 4) is 5.75 Å². The Morgan fingerprint density at radius 2 is 1.81 bits per heavy atom. The van der Waals surface area contributed by atoms with E-state index in [2.05, 4.69) is 5.32 Å². The molecule has 0 spiro atoms. The van der Waals surface area contributed by atoms with E-state index in [1.165, 1.54) is 6.07 Å². The van der Waals surface area contributed by atoms with Gasteiger partial charge in [0.15, 0.2) is 0 Å². The first-order valence-corrected chi connectivity index (χ1v) is 10.2. The molecule has 0 saturated heterocycles. The van der Waals surface area contributed by atoms with Gasteiger partial charge in [0.25, 0.3) is 5.91 Å². The average Bonchev–Trinajstić information content (AvgIpc) is 2.72. The topological polar surface area (TPSA) is 108 Å². The maximum Gasteiger partial charge on any atom is 0.328 e. The van der Waals surface area contributed by atoms with Gasteiger partial charge in [0, 0.05) is 0 Å². The zero-order valence-corrected chi connectivity index (χ0v) is 18.2. The normalized spacial score (nSPS) is 11.6. The third-order valence-corrected chi connectivity index (χ3v) is 4.57. The third-order valence-electron chi connectivity index (χ3n) is 4.57. The highest BCUT2D eigenvalue weighted by atomic mass is 16.6. The molecule has 0 bridgehead atoms. The van der Waals surface area contributed by atoms with Crippen LogP contribution in [0.1, 0.15) is 48.7 Å². The number of hydrogen-bond donors (Lipinski definition) is 1. The smallest absolute Gasteiger partial charge is 0.328 e. The first-order valence-electron chi connectivity index (χ1n) is 10.2. The van der Waals surface area contributed by atoms with Crippen LogP contribution in [0.15, 0.2) is 42.5 Å². The van der Waals surface area contributed by atoms with Gasteiger partial charge in [-0.2, -0.15) is 0 Å². The molecule has 0 aliphatic heterocycles. The molecule has 2 aromatic rings. The van der Waals surface area contributed by atoms with Crippen molar-refractivity contribution in [2.75, 3.05) is 6.61 Å². The van der Waals surface area contributed by atoms with Crippen molar-refractivity contribution in [2.45, 2.75) is 46.8 Å². The van der Waals surface area contributed by atoms with Crippen LogP contribution in [0, 0.1) is 23.0 Å². The molecule has 0 fully saturated rings. The molecule has 1 atom stereocenters. The van der Waals surface area contributed by atoms with E-state index in [1.54, 1.807) is 19.9 Å². The molecule has 2 aromatic carbocycles.